The minimum atomic E-state index is 0.620. The number of unbranched alkanes of at least 4 members (excludes halogenated alkanes) is 2. The zero-order chi connectivity index (χ0) is 14.5. The summed E-state index contributed by atoms with van der Waals surface area (Å²) in [7, 11) is 0. The molecule has 0 atom stereocenters. The van der Waals surface area contributed by atoms with E-state index in [1.807, 2.05) is 24.3 Å². The van der Waals surface area contributed by atoms with Gasteiger partial charge in [-0.1, -0.05) is 50.1 Å². The van der Waals surface area contributed by atoms with Crippen LogP contribution in [0.3, 0.4) is 0 Å². The van der Waals surface area contributed by atoms with Gasteiger partial charge in [-0.15, -0.1) is 0 Å². The Morgan fingerprint density at radius 2 is 2.00 bits per heavy atom. The van der Waals surface area contributed by atoms with Gasteiger partial charge in [0.2, 0.25) is 0 Å². The largest absolute Gasteiger partial charge is 0.370 e. The van der Waals surface area contributed by atoms with E-state index >= 15 is 0 Å². The third-order valence-electron chi connectivity index (χ3n) is 3.41. The van der Waals surface area contributed by atoms with Crippen molar-refractivity contribution >= 4 is 11.6 Å². The molecule has 1 aromatic carbocycles. The zero-order valence-electron chi connectivity index (χ0n) is 12.2. The van der Waals surface area contributed by atoms with E-state index in [1.165, 1.54) is 19.2 Å². The van der Waals surface area contributed by atoms with Crippen molar-refractivity contribution in [1.29, 1.82) is 0 Å². The third kappa shape index (κ3) is 3.02. The number of fused-ring (bicyclic) bond motifs is 1. The van der Waals surface area contributed by atoms with Gasteiger partial charge in [0, 0.05) is 18.2 Å². The number of nitrogens with zero attached hydrogens (tertiary/aromatic N) is 4. The standard InChI is InChI=1S/C16H19N5/c1-2-3-7-10-17-15-11-14(13-8-5-4-6-9-13)20-16-18-12-19-21(15)16/h4-6,8-9,11-12,17H,2-3,7,10H2,1H3. The number of hydrogen-bond acceptors (Lipinski definition) is 4. The second kappa shape index (κ2) is 6.35. The molecule has 2 aromatic heterocycles. The van der Waals surface area contributed by atoms with Gasteiger partial charge in [0.15, 0.2) is 0 Å². The van der Waals surface area contributed by atoms with Gasteiger partial charge in [0.25, 0.3) is 5.78 Å². The summed E-state index contributed by atoms with van der Waals surface area (Å²) in [5.41, 5.74) is 1.99. The van der Waals surface area contributed by atoms with Gasteiger partial charge in [-0.3, -0.25) is 0 Å². The number of nitrogens with one attached hydrogen (secondary N) is 1. The van der Waals surface area contributed by atoms with Crippen LogP contribution in [0.5, 0.6) is 0 Å². The molecular weight excluding hydrogens is 262 g/mol. The van der Waals surface area contributed by atoms with Crippen LogP contribution in [-0.4, -0.2) is 26.1 Å². The van der Waals surface area contributed by atoms with Crippen molar-refractivity contribution in [3.8, 4) is 11.3 Å². The second-order valence-electron chi connectivity index (χ2n) is 5.00. The lowest BCUT2D eigenvalue weighted by molar-refractivity contribution is 0.739. The van der Waals surface area contributed by atoms with Crippen LogP contribution in [-0.2, 0) is 0 Å². The Morgan fingerprint density at radius 1 is 1.14 bits per heavy atom. The number of hydrogen-bond donors (Lipinski definition) is 1. The fraction of sp³-hybridized carbons (Fsp3) is 0.312. The van der Waals surface area contributed by atoms with Crippen molar-refractivity contribution in [2.75, 3.05) is 11.9 Å². The number of rotatable bonds is 6. The summed E-state index contributed by atoms with van der Waals surface area (Å²) >= 11 is 0. The van der Waals surface area contributed by atoms with Crippen molar-refractivity contribution in [3.05, 3.63) is 42.7 Å². The van der Waals surface area contributed by atoms with E-state index in [9.17, 15) is 0 Å². The molecule has 0 unspecified atom stereocenters. The average molecular weight is 281 g/mol. The van der Waals surface area contributed by atoms with Crippen LogP contribution in [0.4, 0.5) is 5.82 Å². The Morgan fingerprint density at radius 3 is 2.81 bits per heavy atom. The second-order valence-corrected chi connectivity index (χ2v) is 5.00. The topological polar surface area (TPSA) is 55.1 Å². The SMILES string of the molecule is CCCCCNc1cc(-c2ccccc2)nc2ncnn12. The van der Waals surface area contributed by atoms with Crippen LogP contribution >= 0.6 is 0 Å². The van der Waals surface area contributed by atoms with Gasteiger partial charge in [0.1, 0.15) is 12.1 Å². The summed E-state index contributed by atoms with van der Waals surface area (Å²) in [5, 5.41) is 7.67. The maximum Gasteiger partial charge on any atom is 0.254 e. The van der Waals surface area contributed by atoms with Crippen LogP contribution in [0.1, 0.15) is 26.2 Å². The summed E-state index contributed by atoms with van der Waals surface area (Å²) in [6, 6.07) is 12.2. The van der Waals surface area contributed by atoms with Crippen LogP contribution in [0.15, 0.2) is 42.7 Å². The molecule has 5 heteroatoms. The summed E-state index contributed by atoms with van der Waals surface area (Å²) in [4.78, 5) is 8.77. The van der Waals surface area contributed by atoms with E-state index in [0.717, 1.165) is 30.0 Å². The molecule has 0 aliphatic carbocycles. The van der Waals surface area contributed by atoms with E-state index in [0.29, 0.717) is 5.78 Å². The number of benzene rings is 1. The summed E-state index contributed by atoms with van der Waals surface area (Å²) in [5.74, 6) is 1.56. The van der Waals surface area contributed by atoms with E-state index in [2.05, 4.69) is 39.4 Å². The lowest BCUT2D eigenvalue weighted by atomic mass is 10.1. The first-order valence-electron chi connectivity index (χ1n) is 7.38. The maximum atomic E-state index is 4.56. The number of aromatic nitrogens is 4. The lowest BCUT2D eigenvalue weighted by Gasteiger charge is -2.09. The van der Waals surface area contributed by atoms with Crippen molar-refractivity contribution in [1.82, 2.24) is 19.6 Å². The van der Waals surface area contributed by atoms with Crippen molar-refractivity contribution in [3.63, 3.8) is 0 Å². The quantitative estimate of drug-likeness (QED) is 0.704. The monoisotopic (exact) mass is 281 g/mol. The molecule has 108 valence electrons. The average Bonchev–Trinajstić information content (AvgIpc) is 3.01. The summed E-state index contributed by atoms with van der Waals surface area (Å²) in [6.45, 7) is 3.14. The van der Waals surface area contributed by atoms with Crippen molar-refractivity contribution in [2.24, 2.45) is 0 Å². The van der Waals surface area contributed by atoms with Gasteiger partial charge < -0.3 is 5.32 Å². The van der Waals surface area contributed by atoms with Gasteiger partial charge in [-0.05, 0) is 6.42 Å². The predicted octanol–water partition coefficient (Wildman–Crippen LogP) is 3.39. The molecule has 21 heavy (non-hydrogen) atoms. The highest BCUT2D eigenvalue weighted by atomic mass is 15.3. The third-order valence-corrected chi connectivity index (χ3v) is 3.41. The molecule has 0 bridgehead atoms. The molecule has 1 N–H and O–H groups in total. The molecule has 0 saturated heterocycles. The molecule has 0 aliphatic rings. The van der Waals surface area contributed by atoms with Crippen molar-refractivity contribution in [2.45, 2.75) is 26.2 Å². The van der Waals surface area contributed by atoms with Crippen LogP contribution in [0, 0.1) is 0 Å². The first-order chi connectivity index (χ1) is 10.4. The predicted molar refractivity (Wildman–Crippen MR) is 84.2 cm³/mol. The summed E-state index contributed by atoms with van der Waals surface area (Å²) in [6.07, 6.45) is 5.13. The fourth-order valence-electron chi connectivity index (χ4n) is 2.29. The van der Waals surface area contributed by atoms with Gasteiger partial charge >= 0.3 is 0 Å². The Bertz CT molecular complexity index is 705. The van der Waals surface area contributed by atoms with Crippen LogP contribution in [0.25, 0.3) is 17.0 Å². The van der Waals surface area contributed by atoms with E-state index in [4.69, 9.17) is 0 Å². The molecular formula is C16H19N5. The smallest absolute Gasteiger partial charge is 0.254 e. The molecule has 0 radical (unpaired) electrons. The Balaban J connectivity index is 1.92. The number of anilines is 1. The molecule has 0 saturated carbocycles. The first kappa shape index (κ1) is 13.5. The van der Waals surface area contributed by atoms with E-state index in [1.54, 1.807) is 4.52 Å². The Hall–Kier alpha value is -2.43. The molecule has 0 aliphatic heterocycles. The fourth-order valence-corrected chi connectivity index (χ4v) is 2.29. The zero-order valence-corrected chi connectivity index (χ0v) is 12.2. The molecule has 2 heterocycles. The minimum Gasteiger partial charge on any atom is -0.370 e. The van der Waals surface area contributed by atoms with Gasteiger partial charge in [0.05, 0.1) is 5.69 Å². The lowest BCUT2D eigenvalue weighted by Crippen LogP contribution is -2.08. The molecule has 3 aromatic rings. The first-order valence-corrected chi connectivity index (χ1v) is 7.38. The molecule has 5 nitrogen and oxygen atoms in total. The van der Waals surface area contributed by atoms with E-state index in [-0.39, 0.29) is 0 Å². The molecule has 0 fully saturated rings. The molecule has 3 rings (SSSR count). The highest BCUT2D eigenvalue weighted by molar-refractivity contribution is 5.65. The highest BCUT2D eigenvalue weighted by Gasteiger charge is 2.08. The normalized spacial score (nSPS) is 10.9. The minimum absolute atomic E-state index is 0.620. The molecule has 0 amide bonds. The van der Waals surface area contributed by atoms with Crippen LogP contribution < -0.4 is 5.32 Å². The van der Waals surface area contributed by atoms with E-state index < -0.39 is 0 Å². The molecule has 0 spiro atoms. The Kier molecular flexibility index (Phi) is 4.09. The maximum absolute atomic E-state index is 4.56. The van der Waals surface area contributed by atoms with Gasteiger partial charge in [-0.2, -0.15) is 14.6 Å². The Labute approximate surface area is 124 Å². The van der Waals surface area contributed by atoms with Crippen molar-refractivity contribution < 1.29 is 0 Å². The van der Waals surface area contributed by atoms with Crippen LogP contribution in [0.2, 0.25) is 0 Å². The summed E-state index contributed by atoms with van der Waals surface area (Å²) < 4.78 is 1.75. The highest BCUT2D eigenvalue weighted by Crippen LogP contribution is 2.21. The van der Waals surface area contributed by atoms with Gasteiger partial charge in [-0.25, -0.2) is 4.98 Å².